The van der Waals surface area contributed by atoms with Crippen LogP contribution in [-0.4, -0.2) is 30.0 Å². The number of amides is 2. The molecule has 2 amide bonds. The Bertz CT molecular complexity index is 1230. The van der Waals surface area contributed by atoms with Gasteiger partial charge in [0.05, 0.1) is 11.0 Å². The van der Waals surface area contributed by atoms with Gasteiger partial charge in [-0.1, -0.05) is 23.7 Å². The van der Waals surface area contributed by atoms with Crippen LogP contribution in [0.3, 0.4) is 0 Å². The van der Waals surface area contributed by atoms with Gasteiger partial charge in [0, 0.05) is 27.3 Å². The molecule has 0 saturated heterocycles. The SMILES string of the molecule is O=C(NNC(=O)c1cc2c(cc1[N+](=O)[O-])OCCO2)c1ccc(CSc2ccc(Cl)cc2)cc1. The number of nitro groups is 1. The number of carbonyl (C=O) groups excluding carboxylic acids is 2. The van der Waals surface area contributed by atoms with Gasteiger partial charge in [-0.05, 0) is 42.0 Å². The van der Waals surface area contributed by atoms with Crippen LogP contribution in [0.5, 0.6) is 11.5 Å². The molecule has 3 aromatic rings. The van der Waals surface area contributed by atoms with Crippen molar-refractivity contribution in [2.24, 2.45) is 0 Å². The minimum absolute atomic E-state index is 0.188. The third-order valence-corrected chi connectivity index (χ3v) is 6.16. The Hall–Kier alpha value is -3.76. The molecule has 2 N–H and O–H groups in total. The lowest BCUT2D eigenvalue weighted by Crippen LogP contribution is -2.41. The van der Waals surface area contributed by atoms with E-state index in [-0.39, 0.29) is 30.3 Å². The Balaban J connectivity index is 1.36. The molecule has 9 nitrogen and oxygen atoms in total. The van der Waals surface area contributed by atoms with Gasteiger partial charge in [-0.3, -0.25) is 30.6 Å². The van der Waals surface area contributed by atoms with E-state index in [9.17, 15) is 19.7 Å². The Morgan fingerprint density at radius 1 is 0.941 bits per heavy atom. The molecule has 34 heavy (non-hydrogen) atoms. The summed E-state index contributed by atoms with van der Waals surface area (Å²) in [5, 5.41) is 12.1. The van der Waals surface area contributed by atoms with Crippen molar-refractivity contribution in [3.63, 3.8) is 0 Å². The number of carbonyl (C=O) groups is 2. The molecule has 0 unspecified atom stereocenters. The van der Waals surface area contributed by atoms with Crippen LogP contribution in [0.2, 0.25) is 5.02 Å². The molecule has 0 bridgehead atoms. The molecule has 1 aliphatic rings. The number of rotatable bonds is 6. The predicted octanol–water partition coefficient (Wildman–Crippen LogP) is 4.39. The van der Waals surface area contributed by atoms with E-state index in [0.29, 0.717) is 16.3 Å². The van der Waals surface area contributed by atoms with Gasteiger partial charge >= 0.3 is 0 Å². The number of hydrogen-bond acceptors (Lipinski definition) is 7. The first-order chi connectivity index (χ1) is 16.4. The summed E-state index contributed by atoms with van der Waals surface area (Å²) in [6, 6.07) is 16.8. The minimum atomic E-state index is -0.854. The molecule has 3 aromatic carbocycles. The highest BCUT2D eigenvalue weighted by Crippen LogP contribution is 2.36. The second kappa shape index (κ2) is 10.4. The number of nitrogens with one attached hydrogen (secondary N) is 2. The van der Waals surface area contributed by atoms with Gasteiger partial charge in [0.25, 0.3) is 17.5 Å². The summed E-state index contributed by atoms with van der Waals surface area (Å²) < 4.78 is 10.7. The van der Waals surface area contributed by atoms with E-state index >= 15 is 0 Å². The Kier molecular flexibility index (Phi) is 7.19. The first-order valence-electron chi connectivity index (χ1n) is 10.1. The number of halogens is 1. The molecule has 1 aliphatic heterocycles. The molecular weight excluding hydrogens is 482 g/mol. The quantitative estimate of drug-likeness (QED) is 0.293. The van der Waals surface area contributed by atoms with Crippen LogP contribution in [0.1, 0.15) is 26.3 Å². The zero-order chi connectivity index (χ0) is 24.1. The Morgan fingerprint density at radius 2 is 1.56 bits per heavy atom. The van der Waals surface area contributed by atoms with Gasteiger partial charge in [-0.15, -0.1) is 11.8 Å². The zero-order valence-electron chi connectivity index (χ0n) is 17.6. The van der Waals surface area contributed by atoms with Crippen molar-refractivity contribution in [1.82, 2.24) is 10.9 Å². The maximum absolute atomic E-state index is 12.5. The molecule has 0 saturated carbocycles. The fraction of sp³-hybridized carbons (Fsp3) is 0.130. The summed E-state index contributed by atoms with van der Waals surface area (Å²) in [5.41, 5.74) is 5.09. The number of thioether (sulfide) groups is 1. The molecule has 0 atom stereocenters. The highest BCUT2D eigenvalue weighted by atomic mass is 35.5. The molecule has 11 heteroatoms. The summed E-state index contributed by atoms with van der Waals surface area (Å²) in [5.74, 6) is -0.305. The number of fused-ring (bicyclic) bond motifs is 1. The highest BCUT2D eigenvalue weighted by Gasteiger charge is 2.26. The van der Waals surface area contributed by atoms with E-state index in [4.69, 9.17) is 21.1 Å². The van der Waals surface area contributed by atoms with Crippen LogP contribution in [0.15, 0.2) is 65.6 Å². The van der Waals surface area contributed by atoms with E-state index in [0.717, 1.165) is 16.5 Å². The number of nitrogens with zero attached hydrogens (tertiary/aromatic N) is 1. The molecule has 0 fully saturated rings. The lowest BCUT2D eigenvalue weighted by Gasteiger charge is -2.19. The van der Waals surface area contributed by atoms with Gasteiger partial charge in [0.2, 0.25) is 0 Å². The standard InChI is InChI=1S/C23H18ClN3O6S/c24-16-5-7-17(8-6-16)34-13-14-1-3-15(4-2-14)22(28)25-26-23(29)18-11-20-21(33-10-9-32-20)12-19(18)27(30)31/h1-8,11-12H,9-10,13H2,(H,25,28)(H,26,29). The molecule has 0 aliphatic carbocycles. The summed E-state index contributed by atoms with van der Waals surface area (Å²) in [7, 11) is 0. The van der Waals surface area contributed by atoms with E-state index in [1.54, 1.807) is 23.9 Å². The average molecular weight is 500 g/mol. The zero-order valence-corrected chi connectivity index (χ0v) is 19.2. The molecule has 0 radical (unpaired) electrons. The fourth-order valence-corrected chi connectivity index (χ4v) is 4.09. The van der Waals surface area contributed by atoms with Gasteiger partial charge in [0.15, 0.2) is 11.5 Å². The van der Waals surface area contributed by atoms with Crippen LogP contribution in [0.25, 0.3) is 0 Å². The lowest BCUT2D eigenvalue weighted by molar-refractivity contribution is -0.385. The highest BCUT2D eigenvalue weighted by molar-refractivity contribution is 7.98. The van der Waals surface area contributed by atoms with Crippen molar-refractivity contribution in [2.45, 2.75) is 10.6 Å². The summed E-state index contributed by atoms with van der Waals surface area (Å²) in [4.78, 5) is 36.8. The average Bonchev–Trinajstić information content (AvgIpc) is 2.86. The number of hydrogen-bond donors (Lipinski definition) is 2. The fourth-order valence-electron chi connectivity index (χ4n) is 3.11. The first-order valence-corrected chi connectivity index (χ1v) is 11.4. The molecule has 174 valence electrons. The van der Waals surface area contributed by atoms with Crippen molar-refractivity contribution in [3.8, 4) is 11.5 Å². The smallest absolute Gasteiger partial charge is 0.286 e. The van der Waals surface area contributed by atoms with Crippen LogP contribution in [-0.2, 0) is 5.75 Å². The minimum Gasteiger partial charge on any atom is -0.486 e. The van der Waals surface area contributed by atoms with Gasteiger partial charge in [-0.2, -0.15) is 0 Å². The molecule has 1 heterocycles. The molecular formula is C23H18ClN3O6S. The second-order valence-electron chi connectivity index (χ2n) is 7.12. The third kappa shape index (κ3) is 5.59. The number of ether oxygens (including phenoxy) is 2. The maximum Gasteiger partial charge on any atom is 0.286 e. The second-order valence-corrected chi connectivity index (χ2v) is 8.60. The predicted molar refractivity (Wildman–Crippen MR) is 126 cm³/mol. The number of benzene rings is 3. The Morgan fingerprint density at radius 3 is 2.21 bits per heavy atom. The van der Waals surface area contributed by atoms with E-state index in [1.807, 2.05) is 36.4 Å². The monoisotopic (exact) mass is 499 g/mol. The van der Waals surface area contributed by atoms with Crippen LogP contribution < -0.4 is 20.3 Å². The van der Waals surface area contributed by atoms with Gasteiger partial charge in [0.1, 0.15) is 18.8 Å². The van der Waals surface area contributed by atoms with Gasteiger partial charge < -0.3 is 9.47 Å². The van der Waals surface area contributed by atoms with Crippen molar-refractivity contribution in [3.05, 3.63) is 92.5 Å². The number of hydrazine groups is 1. The maximum atomic E-state index is 12.5. The van der Waals surface area contributed by atoms with Crippen molar-refractivity contribution < 1.29 is 24.0 Å². The van der Waals surface area contributed by atoms with Crippen LogP contribution >= 0.6 is 23.4 Å². The number of nitro benzene ring substituents is 1. The van der Waals surface area contributed by atoms with Gasteiger partial charge in [-0.25, -0.2) is 0 Å². The van der Waals surface area contributed by atoms with Crippen molar-refractivity contribution in [1.29, 1.82) is 0 Å². The normalized spacial score (nSPS) is 12.0. The lowest BCUT2D eigenvalue weighted by atomic mass is 10.1. The first kappa shape index (κ1) is 23.4. The van der Waals surface area contributed by atoms with E-state index in [2.05, 4.69) is 10.9 Å². The van der Waals surface area contributed by atoms with Crippen LogP contribution in [0.4, 0.5) is 5.69 Å². The van der Waals surface area contributed by atoms with Crippen molar-refractivity contribution >= 4 is 40.9 Å². The molecule has 0 aromatic heterocycles. The summed E-state index contributed by atoms with van der Waals surface area (Å²) in [6.07, 6.45) is 0. The van der Waals surface area contributed by atoms with E-state index in [1.165, 1.54) is 6.07 Å². The summed E-state index contributed by atoms with van der Waals surface area (Å²) >= 11 is 7.52. The topological polar surface area (TPSA) is 120 Å². The summed E-state index contributed by atoms with van der Waals surface area (Å²) in [6.45, 7) is 0.515. The molecule has 4 rings (SSSR count). The Labute approximate surface area is 203 Å². The largest absolute Gasteiger partial charge is 0.486 e. The van der Waals surface area contributed by atoms with E-state index < -0.39 is 22.4 Å². The van der Waals surface area contributed by atoms with Crippen molar-refractivity contribution in [2.75, 3.05) is 13.2 Å². The third-order valence-electron chi connectivity index (χ3n) is 4.83. The van der Waals surface area contributed by atoms with Crippen LogP contribution in [0, 0.1) is 10.1 Å². The molecule has 0 spiro atoms.